The van der Waals surface area contributed by atoms with Crippen molar-refractivity contribution >= 4 is 11.4 Å². The molecule has 2 N–H and O–H groups in total. The largest absolute Gasteiger partial charge is 0.433 e. The summed E-state index contributed by atoms with van der Waals surface area (Å²) in [4.78, 5) is 15.0. The van der Waals surface area contributed by atoms with Gasteiger partial charge in [-0.1, -0.05) is 0 Å². The van der Waals surface area contributed by atoms with E-state index in [1.165, 1.54) is 0 Å². The average molecular weight is 304 g/mol. The van der Waals surface area contributed by atoms with Crippen LogP contribution >= 0.6 is 0 Å². The average Bonchev–Trinajstić information content (AvgIpc) is 2.39. The molecule has 0 radical (unpaired) electrons. The minimum atomic E-state index is -4.65. The molecule has 0 saturated carbocycles. The predicted octanol–water partition coefficient (Wildman–Crippen LogP) is 2.32. The van der Waals surface area contributed by atoms with Crippen LogP contribution in [0.2, 0.25) is 0 Å². The highest BCUT2D eigenvalue weighted by Gasteiger charge is 2.36. The Hall–Kier alpha value is -1.90. The molecular weight excluding hydrogens is 289 g/mol. The van der Waals surface area contributed by atoms with E-state index in [4.69, 9.17) is 5.73 Å². The van der Waals surface area contributed by atoms with Crippen LogP contribution in [0, 0.1) is 10.1 Å². The van der Waals surface area contributed by atoms with E-state index in [-0.39, 0.29) is 24.3 Å². The summed E-state index contributed by atoms with van der Waals surface area (Å²) in [5.74, 6) is 0. The molecule has 0 unspecified atom stereocenters. The van der Waals surface area contributed by atoms with E-state index in [1.807, 2.05) is 6.92 Å². The number of anilines is 1. The molecule has 1 saturated heterocycles. The van der Waals surface area contributed by atoms with E-state index in [0.717, 1.165) is 12.5 Å². The first-order valence-electron chi connectivity index (χ1n) is 6.44. The zero-order valence-electron chi connectivity index (χ0n) is 11.3. The Morgan fingerprint density at radius 1 is 1.48 bits per heavy atom. The monoisotopic (exact) mass is 304 g/mol. The summed E-state index contributed by atoms with van der Waals surface area (Å²) in [7, 11) is 0. The highest BCUT2D eigenvalue weighted by molar-refractivity contribution is 5.64. The van der Waals surface area contributed by atoms with Crippen molar-refractivity contribution in [1.29, 1.82) is 0 Å². The summed E-state index contributed by atoms with van der Waals surface area (Å²) in [6.07, 6.45) is -2.58. The molecule has 116 valence electrons. The first kappa shape index (κ1) is 15.5. The number of nitrogens with two attached hydrogens (primary N) is 1. The fraction of sp³-hybridized carbons (Fsp3) is 0.583. The molecule has 0 aliphatic carbocycles. The van der Waals surface area contributed by atoms with E-state index in [9.17, 15) is 23.3 Å². The van der Waals surface area contributed by atoms with Gasteiger partial charge in [0.1, 0.15) is 17.6 Å². The normalized spacial score (nSPS) is 23.2. The molecule has 0 bridgehead atoms. The second-order valence-electron chi connectivity index (χ2n) is 5.15. The minimum absolute atomic E-state index is 0.0787. The van der Waals surface area contributed by atoms with Crippen molar-refractivity contribution in [2.75, 3.05) is 11.4 Å². The van der Waals surface area contributed by atoms with E-state index >= 15 is 0 Å². The molecule has 0 amide bonds. The van der Waals surface area contributed by atoms with Gasteiger partial charge in [-0.25, -0.2) is 4.98 Å². The molecule has 0 spiro atoms. The van der Waals surface area contributed by atoms with Crippen LogP contribution in [-0.4, -0.2) is 28.5 Å². The maximum Gasteiger partial charge on any atom is 0.433 e. The van der Waals surface area contributed by atoms with Gasteiger partial charge in [0.05, 0.1) is 4.92 Å². The molecule has 2 atom stereocenters. The van der Waals surface area contributed by atoms with Gasteiger partial charge in [-0.15, -0.1) is 0 Å². The van der Waals surface area contributed by atoms with E-state index < -0.39 is 22.5 Å². The molecule has 1 fully saturated rings. The zero-order chi connectivity index (χ0) is 15.8. The zero-order valence-corrected chi connectivity index (χ0v) is 11.3. The second kappa shape index (κ2) is 5.47. The molecule has 6 nitrogen and oxygen atoms in total. The van der Waals surface area contributed by atoms with Crippen molar-refractivity contribution in [3.8, 4) is 0 Å². The van der Waals surface area contributed by atoms with Crippen molar-refractivity contribution in [2.24, 2.45) is 5.73 Å². The lowest BCUT2D eigenvalue weighted by atomic mass is 9.99. The highest BCUT2D eigenvalue weighted by atomic mass is 19.4. The fourth-order valence-electron chi connectivity index (χ4n) is 2.43. The summed E-state index contributed by atoms with van der Waals surface area (Å²) < 4.78 is 38.3. The van der Waals surface area contributed by atoms with Crippen LogP contribution < -0.4 is 10.6 Å². The third-order valence-electron chi connectivity index (χ3n) is 3.58. The molecule has 21 heavy (non-hydrogen) atoms. The molecule has 2 heterocycles. The highest BCUT2D eigenvalue weighted by Crippen LogP contribution is 2.37. The van der Waals surface area contributed by atoms with E-state index in [0.29, 0.717) is 12.6 Å². The van der Waals surface area contributed by atoms with Crippen LogP contribution in [0.5, 0.6) is 0 Å². The molecule has 2 rings (SSSR count). The maximum absolute atomic E-state index is 12.8. The molecule has 0 aromatic carbocycles. The van der Waals surface area contributed by atoms with Gasteiger partial charge in [0.15, 0.2) is 0 Å². The number of hydrogen-bond donors (Lipinski definition) is 1. The number of hydrogen-bond acceptors (Lipinski definition) is 5. The lowest BCUT2D eigenvalue weighted by Crippen LogP contribution is -2.48. The summed E-state index contributed by atoms with van der Waals surface area (Å²) >= 11 is 0. The smallest absolute Gasteiger partial charge is 0.362 e. The van der Waals surface area contributed by atoms with Gasteiger partial charge in [0.25, 0.3) is 0 Å². The summed E-state index contributed by atoms with van der Waals surface area (Å²) in [6.45, 7) is 2.09. The summed E-state index contributed by atoms with van der Waals surface area (Å²) in [5.41, 5.74) is 4.16. The first-order valence-corrected chi connectivity index (χ1v) is 6.44. The quantitative estimate of drug-likeness (QED) is 0.669. The standard InChI is InChI=1S/C12H15F3N4O2/c1-7-2-3-8(16)6-18(7)9-4-11(12(13,14)15)17-5-10(9)19(20)21/h4-5,7-8H,2-3,6,16H2,1H3/t7-,8-/m1/s1. The Bertz CT molecular complexity index is 550. The maximum atomic E-state index is 12.8. The van der Waals surface area contributed by atoms with Gasteiger partial charge in [0, 0.05) is 18.6 Å². The van der Waals surface area contributed by atoms with Crippen LogP contribution in [0.1, 0.15) is 25.5 Å². The number of nitro groups is 1. The van der Waals surface area contributed by atoms with Crippen molar-refractivity contribution in [2.45, 2.75) is 38.0 Å². The number of alkyl halides is 3. The molecule has 9 heteroatoms. The van der Waals surface area contributed by atoms with Gasteiger partial charge in [0.2, 0.25) is 0 Å². The molecule has 1 aromatic heterocycles. The number of halogens is 3. The number of piperidine rings is 1. The van der Waals surface area contributed by atoms with Crippen molar-refractivity contribution in [3.05, 3.63) is 28.1 Å². The van der Waals surface area contributed by atoms with Crippen LogP contribution in [0.3, 0.4) is 0 Å². The lowest BCUT2D eigenvalue weighted by molar-refractivity contribution is -0.384. The van der Waals surface area contributed by atoms with Crippen molar-refractivity contribution < 1.29 is 18.1 Å². The van der Waals surface area contributed by atoms with Crippen molar-refractivity contribution in [1.82, 2.24) is 4.98 Å². The van der Waals surface area contributed by atoms with Crippen LogP contribution in [0.15, 0.2) is 12.3 Å². The van der Waals surface area contributed by atoms with Gasteiger partial charge < -0.3 is 10.6 Å². The summed E-state index contributed by atoms with van der Waals surface area (Å²) in [5, 5.41) is 11.0. The lowest BCUT2D eigenvalue weighted by Gasteiger charge is -2.38. The number of rotatable bonds is 2. The van der Waals surface area contributed by atoms with Crippen molar-refractivity contribution in [3.63, 3.8) is 0 Å². The number of nitrogens with zero attached hydrogens (tertiary/aromatic N) is 3. The predicted molar refractivity (Wildman–Crippen MR) is 69.9 cm³/mol. The van der Waals surface area contributed by atoms with Gasteiger partial charge in [-0.3, -0.25) is 10.1 Å². The topological polar surface area (TPSA) is 85.3 Å². The summed E-state index contributed by atoms with van der Waals surface area (Å²) in [6, 6.07) is 0.391. The van der Waals surface area contributed by atoms with Crippen LogP contribution in [0.4, 0.5) is 24.5 Å². The first-order chi connectivity index (χ1) is 9.70. The third-order valence-corrected chi connectivity index (χ3v) is 3.58. The minimum Gasteiger partial charge on any atom is -0.362 e. The number of pyridine rings is 1. The Morgan fingerprint density at radius 2 is 2.14 bits per heavy atom. The molecule has 1 aromatic rings. The van der Waals surface area contributed by atoms with Gasteiger partial charge >= 0.3 is 11.9 Å². The Morgan fingerprint density at radius 3 is 2.71 bits per heavy atom. The SMILES string of the molecule is C[C@@H]1CC[C@@H](N)CN1c1cc(C(F)(F)F)ncc1[N+](=O)[O-]. The molecule has 1 aliphatic rings. The molecule has 1 aliphatic heterocycles. The fourth-order valence-corrected chi connectivity index (χ4v) is 2.43. The van der Waals surface area contributed by atoms with Crippen LogP contribution in [0.25, 0.3) is 0 Å². The number of aromatic nitrogens is 1. The van der Waals surface area contributed by atoms with Gasteiger partial charge in [-0.05, 0) is 25.8 Å². The molecular formula is C12H15F3N4O2. The van der Waals surface area contributed by atoms with Crippen LogP contribution in [-0.2, 0) is 6.18 Å². The Labute approximate surface area is 118 Å². The van der Waals surface area contributed by atoms with Gasteiger partial charge in [-0.2, -0.15) is 13.2 Å². The second-order valence-corrected chi connectivity index (χ2v) is 5.15. The Balaban J connectivity index is 2.50. The van der Waals surface area contributed by atoms with E-state index in [2.05, 4.69) is 4.98 Å². The third kappa shape index (κ3) is 3.23. The Kier molecular flexibility index (Phi) is 4.04. The van der Waals surface area contributed by atoms with E-state index in [1.54, 1.807) is 4.90 Å².